The van der Waals surface area contributed by atoms with E-state index < -0.39 is 0 Å². The van der Waals surface area contributed by atoms with Crippen molar-refractivity contribution in [2.24, 2.45) is 0 Å². The molecule has 0 amide bonds. The van der Waals surface area contributed by atoms with Crippen LogP contribution < -0.4 is 0 Å². The highest BCUT2D eigenvalue weighted by Crippen LogP contribution is 2.48. The van der Waals surface area contributed by atoms with E-state index in [9.17, 15) is 20.4 Å². The number of phenolic OH excluding ortho intramolecular Hbond substituents is 4. The summed E-state index contributed by atoms with van der Waals surface area (Å²) in [6.45, 7) is 13.3. The summed E-state index contributed by atoms with van der Waals surface area (Å²) in [6, 6.07) is 23.1. The molecule has 0 aliphatic carbocycles. The second kappa shape index (κ2) is 9.78. The average Bonchev–Trinajstić information content (AvgIpc) is 2.94. The van der Waals surface area contributed by atoms with Gasteiger partial charge in [-0.15, -0.1) is 0 Å². The van der Waals surface area contributed by atoms with Gasteiger partial charge < -0.3 is 20.4 Å². The quantitative estimate of drug-likeness (QED) is 0.129. The summed E-state index contributed by atoms with van der Waals surface area (Å²) in [7, 11) is 0. The van der Waals surface area contributed by atoms with E-state index in [0.29, 0.717) is 0 Å². The van der Waals surface area contributed by atoms with Gasteiger partial charge >= 0.3 is 0 Å². The Hall–Kier alpha value is -4.18. The maximum absolute atomic E-state index is 10.5. The van der Waals surface area contributed by atoms with Gasteiger partial charge in [0.1, 0.15) is 0 Å². The normalized spacial score (nSPS) is 12.3. The van der Waals surface area contributed by atoms with Gasteiger partial charge in [-0.25, -0.2) is 0 Å². The molecule has 206 valence electrons. The van der Waals surface area contributed by atoms with Crippen molar-refractivity contribution in [3.8, 4) is 45.3 Å². The summed E-state index contributed by atoms with van der Waals surface area (Å²) in [5, 5.41) is 45.2. The van der Waals surface area contributed by atoms with Crippen LogP contribution in [0, 0.1) is 0 Å². The van der Waals surface area contributed by atoms with Gasteiger partial charge in [0.2, 0.25) is 0 Å². The first-order valence-corrected chi connectivity index (χ1v) is 14.0. The Morgan fingerprint density at radius 2 is 0.825 bits per heavy atom. The predicted octanol–water partition coefficient (Wildman–Crippen LogP) is 9.52. The molecule has 0 saturated carbocycles. The van der Waals surface area contributed by atoms with Gasteiger partial charge in [0, 0.05) is 0 Å². The van der Waals surface area contributed by atoms with Crippen molar-refractivity contribution >= 4 is 21.5 Å². The summed E-state index contributed by atoms with van der Waals surface area (Å²) in [4.78, 5) is 0. The molecule has 0 aromatic heterocycles. The van der Waals surface area contributed by atoms with E-state index in [-0.39, 0.29) is 33.8 Å². The Morgan fingerprint density at radius 1 is 0.450 bits per heavy atom. The van der Waals surface area contributed by atoms with Gasteiger partial charge in [0.25, 0.3) is 0 Å². The van der Waals surface area contributed by atoms with Crippen molar-refractivity contribution < 1.29 is 20.4 Å². The minimum Gasteiger partial charge on any atom is -0.504 e. The van der Waals surface area contributed by atoms with E-state index in [4.69, 9.17) is 0 Å². The van der Waals surface area contributed by atoms with Crippen molar-refractivity contribution in [3.05, 3.63) is 83.9 Å². The summed E-state index contributed by atoms with van der Waals surface area (Å²) in [5.74, 6) is -0.651. The second-order valence-electron chi connectivity index (χ2n) is 12.2. The van der Waals surface area contributed by atoms with Crippen LogP contribution >= 0.6 is 0 Å². The fourth-order valence-electron chi connectivity index (χ4n) is 5.46. The fourth-order valence-corrected chi connectivity index (χ4v) is 5.46. The number of fused-ring (bicyclic) bond motifs is 2. The number of aromatic hydroxyl groups is 4. The van der Waals surface area contributed by atoms with Crippen molar-refractivity contribution in [2.75, 3.05) is 0 Å². The van der Waals surface area contributed by atoms with Gasteiger partial charge in [-0.3, -0.25) is 0 Å². The van der Waals surface area contributed by atoms with Crippen LogP contribution in [0.5, 0.6) is 23.0 Å². The highest BCUT2D eigenvalue weighted by atomic mass is 16.3. The van der Waals surface area contributed by atoms with Crippen LogP contribution in [0.2, 0.25) is 0 Å². The van der Waals surface area contributed by atoms with Crippen LogP contribution in [-0.4, -0.2) is 20.4 Å². The van der Waals surface area contributed by atoms with Crippen LogP contribution in [0.25, 0.3) is 43.8 Å². The lowest BCUT2D eigenvalue weighted by Gasteiger charge is -2.27. The third-order valence-electron chi connectivity index (χ3n) is 8.98. The summed E-state index contributed by atoms with van der Waals surface area (Å²) < 4.78 is 0. The fraction of sp³-hybridized carbons (Fsp3) is 0.278. The Balaban J connectivity index is 2.03. The van der Waals surface area contributed by atoms with Gasteiger partial charge in [-0.05, 0) is 115 Å². The highest BCUT2D eigenvalue weighted by molar-refractivity contribution is 6.21. The second-order valence-corrected chi connectivity index (χ2v) is 12.2. The molecule has 0 bridgehead atoms. The highest BCUT2D eigenvalue weighted by Gasteiger charge is 2.25. The molecule has 4 nitrogen and oxygen atoms in total. The lowest BCUT2D eigenvalue weighted by Crippen LogP contribution is -2.15. The predicted molar refractivity (Wildman–Crippen MR) is 166 cm³/mol. The number of phenols is 4. The zero-order valence-corrected chi connectivity index (χ0v) is 24.1. The number of rotatable bonds is 6. The first kappa shape index (κ1) is 27.4. The third-order valence-corrected chi connectivity index (χ3v) is 8.98. The van der Waals surface area contributed by atoms with Crippen LogP contribution in [0.1, 0.15) is 65.5 Å². The molecule has 40 heavy (non-hydrogen) atoms. The van der Waals surface area contributed by atoms with E-state index in [2.05, 4.69) is 77.9 Å². The van der Waals surface area contributed by atoms with Crippen molar-refractivity contribution in [1.29, 1.82) is 0 Å². The van der Waals surface area contributed by atoms with Crippen molar-refractivity contribution in [3.63, 3.8) is 0 Å². The minimum atomic E-state index is -0.167. The molecule has 5 aromatic rings. The zero-order chi connectivity index (χ0) is 29.0. The van der Waals surface area contributed by atoms with Gasteiger partial charge in [0.15, 0.2) is 23.0 Å². The SMILES string of the molecule is CCC(C)(C)c1ccc2c(-c3ccc(O)c(O)c3)c3cc(C(C)(C)CC)ccc3c(-c3ccc(O)c(O)c3)c2c1. The van der Waals surface area contributed by atoms with Crippen LogP contribution in [-0.2, 0) is 10.8 Å². The van der Waals surface area contributed by atoms with Gasteiger partial charge in [0.05, 0.1) is 0 Å². The smallest absolute Gasteiger partial charge is 0.158 e. The molecule has 0 saturated heterocycles. The molecule has 5 rings (SSSR count). The lowest BCUT2D eigenvalue weighted by molar-refractivity contribution is 0.404. The molecular formula is C36H38O4. The molecule has 0 aliphatic rings. The lowest BCUT2D eigenvalue weighted by atomic mass is 9.77. The van der Waals surface area contributed by atoms with Crippen LogP contribution in [0.3, 0.4) is 0 Å². The Labute approximate surface area is 236 Å². The first-order valence-electron chi connectivity index (χ1n) is 14.0. The van der Waals surface area contributed by atoms with Gasteiger partial charge in [-0.1, -0.05) is 77.9 Å². The molecule has 0 atom stereocenters. The standard InChI is InChI=1S/C36H38O4/c1-7-35(3,4)23-11-13-25-27(19-23)33(21-9-15-29(37)31(39)17-21)26-14-12-24(36(5,6)8-2)20-28(26)34(25)22-10-16-30(38)32(40)18-22/h9-20,37-40H,7-8H2,1-6H3. The number of benzene rings is 5. The number of hydrogen-bond acceptors (Lipinski definition) is 4. The van der Waals surface area contributed by atoms with Crippen molar-refractivity contribution in [2.45, 2.75) is 65.2 Å². The molecule has 4 heteroatoms. The maximum Gasteiger partial charge on any atom is 0.158 e. The Kier molecular flexibility index (Phi) is 6.70. The van der Waals surface area contributed by atoms with Crippen molar-refractivity contribution in [1.82, 2.24) is 0 Å². The largest absolute Gasteiger partial charge is 0.504 e. The zero-order valence-electron chi connectivity index (χ0n) is 24.1. The first-order chi connectivity index (χ1) is 18.9. The van der Waals surface area contributed by atoms with E-state index in [1.807, 2.05) is 12.1 Å². The monoisotopic (exact) mass is 534 g/mol. The molecule has 0 radical (unpaired) electrons. The molecule has 0 unspecified atom stereocenters. The molecule has 5 aromatic carbocycles. The van der Waals surface area contributed by atoms with Gasteiger partial charge in [-0.2, -0.15) is 0 Å². The van der Waals surface area contributed by atoms with E-state index in [1.165, 1.54) is 23.3 Å². The van der Waals surface area contributed by atoms with E-state index in [0.717, 1.165) is 56.6 Å². The Bertz CT molecular complexity index is 1630. The number of hydrogen-bond donors (Lipinski definition) is 4. The molecule has 0 heterocycles. The summed E-state index contributed by atoms with van der Waals surface area (Å²) >= 11 is 0. The summed E-state index contributed by atoms with van der Waals surface area (Å²) in [5.41, 5.74) is 5.86. The van der Waals surface area contributed by atoms with E-state index >= 15 is 0 Å². The van der Waals surface area contributed by atoms with Crippen LogP contribution in [0.4, 0.5) is 0 Å². The van der Waals surface area contributed by atoms with E-state index in [1.54, 1.807) is 12.1 Å². The van der Waals surface area contributed by atoms with Crippen LogP contribution in [0.15, 0.2) is 72.8 Å². The topological polar surface area (TPSA) is 80.9 Å². The molecular weight excluding hydrogens is 496 g/mol. The third kappa shape index (κ3) is 4.52. The minimum absolute atomic E-state index is 0.0521. The summed E-state index contributed by atoms with van der Waals surface area (Å²) in [6.07, 6.45) is 1.94. The Morgan fingerprint density at radius 3 is 1.15 bits per heavy atom. The molecule has 0 aliphatic heterocycles. The molecule has 4 N–H and O–H groups in total. The maximum atomic E-state index is 10.5. The molecule has 0 fully saturated rings. The average molecular weight is 535 g/mol. The molecule has 0 spiro atoms.